The van der Waals surface area contributed by atoms with Gasteiger partial charge in [-0.1, -0.05) is 11.6 Å². The van der Waals surface area contributed by atoms with Crippen molar-refractivity contribution in [2.45, 2.75) is 6.92 Å². The highest BCUT2D eigenvalue weighted by Crippen LogP contribution is 2.42. The third kappa shape index (κ3) is 5.26. The van der Waals surface area contributed by atoms with Crippen molar-refractivity contribution in [1.82, 2.24) is 5.43 Å². The summed E-state index contributed by atoms with van der Waals surface area (Å²) in [7, 11) is 0. The molecule has 0 aliphatic heterocycles. The Bertz CT molecular complexity index is 904. The van der Waals surface area contributed by atoms with Crippen LogP contribution in [0.4, 0.5) is 5.69 Å². The van der Waals surface area contributed by atoms with Crippen LogP contribution in [0.5, 0.6) is 5.75 Å². The first-order valence-electron chi connectivity index (χ1n) is 6.73. The average Bonchev–Trinajstić information content (AvgIpc) is 3.08. The summed E-state index contributed by atoms with van der Waals surface area (Å²) in [6.45, 7) is 1.34. The van der Waals surface area contributed by atoms with Crippen molar-refractivity contribution < 1.29 is 14.5 Å². The summed E-state index contributed by atoms with van der Waals surface area (Å²) in [6.07, 6.45) is 0. The number of nitrogens with zero attached hydrogens (tertiary/aromatic N) is 2. The lowest BCUT2D eigenvalue weighted by atomic mass is 10.3. The van der Waals surface area contributed by atoms with Crippen LogP contribution >= 0.6 is 70.7 Å². The van der Waals surface area contributed by atoms with Crippen molar-refractivity contribution in [3.63, 3.8) is 0 Å². The van der Waals surface area contributed by atoms with Crippen molar-refractivity contribution in [2.75, 3.05) is 6.61 Å². The number of nitro groups is 1. The summed E-state index contributed by atoms with van der Waals surface area (Å²) in [4.78, 5) is 22.7. The van der Waals surface area contributed by atoms with E-state index < -0.39 is 10.8 Å². The number of amides is 1. The normalized spacial score (nSPS) is 11.3. The van der Waals surface area contributed by atoms with Gasteiger partial charge in [0.25, 0.3) is 11.6 Å². The Balaban J connectivity index is 1.99. The van der Waals surface area contributed by atoms with Crippen LogP contribution in [0.2, 0.25) is 5.02 Å². The maximum atomic E-state index is 11.9. The molecule has 0 saturated carbocycles. The van der Waals surface area contributed by atoms with Gasteiger partial charge in [-0.2, -0.15) is 5.10 Å². The molecule has 1 aromatic heterocycles. The Hall–Kier alpha value is -1.01. The van der Waals surface area contributed by atoms with E-state index >= 15 is 0 Å². The highest BCUT2D eigenvalue weighted by atomic mass is 79.9. The number of hydrogen-bond acceptors (Lipinski definition) is 6. The Morgan fingerprint density at radius 3 is 2.69 bits per heavy atom. The lowest BCUT2D eigenvalue weighted by Gasteiger charge is -2.11. The predicted octanol–water partition coefficient (Wildman–Crippen LogP) is 5.52. The smallest absolute Gasteiger partial charge is 0.280 e. The van der Waals surface area contributed by atoms with Crippen molar-refractivity contribution in [2.24, 2.45) is 5.10 Å². The molecular weight excluding hydrogens is 581 g/mol. The molecule has 0 bridgehead atoms. The Morgan fingerprint density at radius 1 is 1.38 bits per heavy atom. The van der Waals surface area contributed by atoms with E-state index in [-0.39, 0.29) is 12.3 Å². The van der Waals surface area contributed by atoms with Crippen molar-refractivity contribution in [3.8, 4) is 5.75 Å². The zero-order valence-corrected chi connectivity index (χ0v) is 19.2. The molecular formula is C14H9Br3ClN3O4S. The largest absolute Gasteiger partial charge is 0.481 e. The first kappa shape index (κ1) is 21.3. The summed E-state index contributed by atoms with van der Waals surface area (Å²) in [6, 6.07) is 3.09. The van der Waals surface area contributed by atoms with Crippen LogP contribution in [-0.4, -0.2) is 23.1 Å². The molecule has 0 saturated heterocycles. The zero-order valence-electron chi connectivity index (χ0n) is 12.9. The number of benzene rings is 1. The molecule has 0 fully saturated rings. The van der Waals surface area contributed by atoms with Gasteiger partial charge in [-0.25, -0.2) is 5.43 Å². The second kappa shape index (κ2) is 9.27. The number of hydrazone groups is 1. The lowest BCUT2D eigenvalue weighted by molar-refractivity contribution is -0.384. The summed E-state index contributed by atoms with van der Waals surface area (Å²) >= 11 is 17.2. The van der Waals surface area contributed by atoms with Crippen LogP contribution in [0.1, 0.15) is 11.8 Å². The summed E-state index contributed by atoms with van der Waals surface area (Å²) in [5, 5.41) is 16.4. The van der Waals surface area contributed by atoms with Gasteiger partial charge in [0.05, 0.1) is 34.9 Å². The molecule has 7 nitrogen and oxygen atoms in total. The molecule has 0 aliphatic carbocycles. The molecule has 1 N–H and O–H groups in total. The van der Waals surface area contributed by atoms with E-state index in [2.05, 4.69) is 58.3 Å². The molecule has 0 spiro atoms. The fraction of sp³-hybridized carbons (Fsp3) is 0.143. The molecule has 2 rings (SSSR count). The number of hydrogen-bond donors (Lipinski definition) is 1. The SMILES string of the molecule is CC(=NNC(=O)COc1c(Br)cc(Br)c(Cl)c1Br)c1cc([N+](=O)[O-])cs1. The molecule has 1 aromatic carbocycles. The highest BCUT2D eigenvalue weighted by molar-refractivity contribution is 9.11. The van der Waals surface area contributed by atoms with Crippen molar-refractivity contribution in [3.05, 3.63) is 50.9 Å². The molecule has 1 heterocycles. The molecule has 0 atom stereocenters. The fourth-order valence-corrected chi connectivity index (χ4v) is 4.96. The van der Waals surface area contributed by atoms with Crippen LogP contribution in [0, 0.1) is 10.1 Å². The zero-order chi connectivity index (χ0) is 19.4. The third-order valence-electron chi connectivity index (χ3n) is 2.92. The minimum Gasteiger partial charge on any atom is -0.481 e. The maximum absolute atomic E-state index is 11.9. The number of thiophene rings is 1. The number of nitrogens with one attached hydrogen (secondary N) is 1. The van der Waals surface area contributed by atoms with Gasteiger partial charge in [0.1, 0.15) is 5.75 Å². The number of rotatable bonds is 6. The van der Waals surface area contributed by atoms with Gasteiger partial charge >= 0.3 is 0 Å². The number of carbonyl (C=O) groups is 1. The predicted molar refractivity (Wildman–Crippen MR) is 111 cm³/mol. The van der Waals surface area contributed by atoms with Gasteiger partial charge in [-0.05, 0) is 60.8 Å². The Labute approximate surface area is 182 Å². The highest BCUT2D eigenvalue weighted by Gasteiger charge is 2.16. The molecule has 0 radical (unpaired) electrons. The van der Waals surface area contributed by atoms with Crippen LogP contribution in [0.3, 0.4) is 0 Å². The van der Waals surface area contributed by atoms with E-state index in [1.807, 2.05) is 0 Å². The van der Waals surface area contributed by atoms with Gasteiger partial charge in [0.15, 0.2) is 6.61 Å². The van der Waals surface area contributed by atoms with Gasteiger partial charge in [0.2, 0.25) is 0 Å². The number of carbonyl (C=O) groups excluding carboxylic acids is 1. The first-order chi connectivity index (χ1) is 12.2. The van der Waals surface area contributed by atoms with Crippen LogP contribution < -0.4 is 10.2 Å². The second-order valence-corrected chi connectivity index (χ2v) is 8.54. The molecule has 0 aliphatic rings. The van der Waals surface area contributed by atoms with E-state index in [9.17, 15) is 14.9 Å². The summed E-state index contributed by atoms with van der Waals surface area (Å²) in [5.41, 5.74) is 2.77. The minimum atomic E-state index is -0.492. The summed E-state index contributed by atoms with van der Waals surface area (Å²) in [5.74, 6) is -0.115. The minimum absolute atomic E-state index is 0.0176. The lowest BCUT2D eigenvalue weighted by Crippen LogP contribution is -2.25. The standard InChI is InChI=1S/C14H9Br3ClN3O4S/c1-6(10-2-7(5-26-10)21(23)24)19-20-11(22)4-25-14-9(16)3-8(15)13(18)12(14)17/h2-3,5H,4H2,1H3,(H,20,22). The van der Waals surface area contributed by atoms with Gasteiger partial charge in [0, 0.05) is 10.5 Å². The quantitative estimate of drug-likeness (QED) is 0.158. The molecule has 12 heteroatoms. The summed E-state index contributed by atoms with van der Waals surface area (Å²) < 4.78 is 7.25. The van der Waals surface area contributed by atoms with E-state index in [4.69, 9.17) is 16.3 Å². The molecule has 26 heavy (non-hydrogen) atoms. The Kier molecular flexibility index (Phi) is 7.59. The fourth-order valence-electron chi connectivity index (χ4n) is 1.66. The average molecular weight is 590 g/mol. The third-order valence-corrected chi connectivity index (χ3v) is 6.77. The monoisotopic (exact) mass is 587 g/mol. The molecule has 1 amide bonds. The van der Waals surface area contributed by atoms with Crippen LogP contribution in [-0.2, 0) is 4.79 Å². The first-order valence-corrected chi connectivity index (χ1v) is 10.4. The van der Waals surface area contributed by atoms with Gasteiger partial charge in [-0.3, -0.25) is 14.9 Å². The maximum Gasteiger partial charge on any atom is 0.280 e. The van der Waals surface area contributed by atoms with Crippen LogP contribution in [0.15, 0.2) is 36.0 Å². The van der Waals surface area contributed by atoms with E-state index in [0.717, 1.165) is 0 Å². The number of halogens is 4. The molecule has 138 valence electrons. The van der Waals surface area contributed by atoms with Gasteiger partial charge in [-0.15, -0.1) is 11.3 Å². The molecule has 0 unspecified atom stereocenters. The Morgan fingerprint density at radius 2 is 2.08 bits per heavy atom. The van der Waals surface area contributed by atoms with E-state index in [1.54, 1.807) is 13.0 Å². The molecule has 2 aromatic rings. The van der Waals surface area contributed by atoms with Crippen LogP contribution in [0.25, 0.3) is 0 Å². The van der Waals surface area contributed by atoms with E-state index in [1.165, 1.54) is 22.8 Å². The van der Waals surface area contributed by atoms with E-state index in [0.29, 0.717) is 34.8 Å². The second-order valence-electron chi connectivity index (χ2n) is 4.74. The van der Waals surface area contributed by atoms with Crippen molar-refractivity contribution in [1.29, 1.82) is 0 Å². The van der Waals surface area contributed by atoms with Crippen molar-refractivity contribution >= 4 is 88.0 Å². The topological polar surface area (TPSA) is 93.8 Å². The number of ether oxygens (including phenoxy) is 1. The van der Waals surface area contributed by atoms with Gasteiger partial charge < -0.3 is 4.74 Å².